The van der Waals surface area contributed by atoms with Crippen molar-refractivity contribution in [3.8, 4) is 0 Å². The Morgan fingerprint density at radius 2 is 2.24 bits per heavy atom. The zero-order chi connectivity index (χ0) is 12.1. The molecule has 17 heavy (non-hydrogen) atoms. The van der Waals surface area contributed by atoms with Crippen molar-refractivity contribution in [3.05, 3.63) is 35.4 Å². The van der Waals surface area contributed by atoms with Gasteiger partial charge in [0, 0.05) is 38.8 Å². The molecule has 1 aromatic carbocycles. The van der Waals surface area contributed by atoms with Crippen LogP contribution in [0.1, 0.15) is 17.5 Å². The number of rotatable bonds is 4. The lowest BCUT2D eigenvalue weighted by Crippen LogP contribution is -2.51. The first kappa shape index (κ1) is 12.6. The van der Waals surface area contributed by atoms with Gasteiger partial charge in [-0.15, -0.1) is 0 Å². The number of nitrogens with one attached hydrogen (secondary N) is 1. The molecular formula is C14H22N2O. The second kappa shape index (κ2) is 6.15. The zero-order valence-corrected chi connectivity index (χ0v) is 10.5. The lowest BCUT2D eigenvalue weighted by atomic mass is 10.1. The lowest BCUT2D eigenvalue weighted by Gasteiger charge is -2.36. The molecule has 2 rings (SSSR count). The molecule has 1 aromatic rings. The summed E-state index contributed by atoms with van der Waals surface area (Å²) in [6.45, 7) is 6.55. The molecule has 3 heteroatoms. The van der Waals surface area contributed by atoms with E-state index in [1.165, 1.54) is 11.1 Å². The third-order valence-electron chi connectivity index (χ3n) is 3.57. The fourth-order valence-corrected chi connectivity index (χ4v) is 2.45. The largest absolute Gasteiger partial charge is 0.396 e. The zero-order valence-electron chi connectivity index (χ0n) is 10.5. The predicted octanol–water partition coefficient (Wildman–Crippen LogP) is 1.15. The van der Waals surface area contributed by atoms with Crippen LogP contribution in [-0.2, 0) is 6.54 Å². The van der Waals surface area contributed by atoms with Gasteiger partial charge in [-0.25, -0.2) is 0 Å². The third kappa shape index (κ3) is 3.28. The van der Waals surface area contributed by atoms with Crippen LogP contribution in [-0.4, -0.2) is 42.3 Å². The van der Waals surface area contributed by atoms with Crippen molar-refractivity contribution < 1.29 is 5.11 Å². The van der Waals surface area contributed by atoms with Gasteiger partial charge in [0.25, 0.3) is 0 Å². The molecule has 0 spiro atoms. The number of aryl methyl sites for hydroxylation is 1. The van der Waals surface area contributed by atoms with Gasteiger partial charge < -0.3 is 10.4 Å². The van der Waals surface area contributed by atoms with Gasteiger partial charge in [-0.05, 0) is 24.5 Å². The minimum absolute atomic E-state index is 0.274. The van der Waals surface area contributed by atoms with Crippen molar-refractivity contribution in [2.75, 3.05) is 26.2 Å². The highest BCUT2D eigenvalue weighted by atomic mass is 16.3. The minimum atomic E-state index is 0.274. The van der Waals surface area contributed by atoms with E-state index in [1.807, 2.05) is 0 Å². The molecular weight excluding hydrogens is 212 g/mol. The van der Waals surface area contributed by atoms with Crippen molar-refractivity contribution in [2.24, 2.45) is 0 Å². The summed E-state index contributed by atoms with van der Waals surface area (Å²) in [6, 6.07) is 9.02. The minimum Gasteiger partial charge on any atom is -0.396 e. The number of aliphatic hydroxyl groups is 1. The Balaban J connectivity index is 2.03. The van der Waals surface area contributed by atoms with E-state index in [-0.39, 0.29) is 6.61 Å². The molecule has 94 valence electrons. The van der Waals surface area contributed by atoms with Crippen molar-refractivity contribution in [2.45, 2.75) is 25.9 Å². The normalized spacial score (nSPS) is 21.6. The maximum Gasteiger partial charge on any atom is 0.0446 e. The molecule has 1 aliphatic heterocycles. The topological polar surface area (TPSA) is 35.5 Å². The second-order valence-electron chi connectivity index (χ2n) is 4.77. The summed E-state index contributed by atoms with van der Waals surface area (Å²) in [5, 5.41) is 12.5. The van der Waals surface area contributed by atoms with E-state index in [4.69, 9.17) is 5.11 Å². The third-order valence-corrected chi connectivity index (χ3v) is 3.57. The fourth-order valence-electron chi connectivity index (χ4n) is 2.45. The van der Waals surface area contributed by atoms with E-state index >= 15 is 0 Å². The second-order valence-corrected chi connectivity index (χ2v) is 4.77. The van der Waals surface area contributed by atoms with Gasteiger partial charge in [-0.3, -0.25) is 4.90 Å². The van der Waals surface area contributed by atoms with E-state index in [0.29, 0.717) is 6.04 Å². The Kier molecular flexibility index (Phi) is 4.54. The van der Waals surface area contributed by atoms with Crippen LogP contribution in [0, 0.1) is 6.92 Å². The molecule has 0 aromatic heterocycles. The Hall–Kier alpha value is -0.900. The van der Waals surface area contributed by atoms with Crippen molar-refractivity contribution in [1.82, 2.24) is 10.2 Å². The summed E-state index contributed by atoms with van der Waals surface area (Å²) in [6.07, 6.45) is 0.860. The number of aliphatic hydroxyl groups excluding tert-OH is 1. The summed E-state index contributed by atoms with van der Waals surface area (Å²) < 4.78 is 0. The molecule has 3 nitrogen and oxygen atoms in total. The average molecular weight is 234 g/mol. The molecule has 0 unspecified atom stereocenters. The van der Waals surface area contributed by atoms with E-state index in [9.17, 15) is 0 Å². The maximum absolute atomic E-state index is 9.10. The standard InChI is InChI=1S/C14H22N2O/c1-12-4-2-3-5-13(12)11-16-8-7-15-10-14(16)6-9-17/h2-5,14-15,17H,6-11H2,1H3/t14-/m1/s1. The molecule has 1 atom stereocenters. The van der Waals surface area contributed by atoms with Gasteiger partial charge in [0.15, 0.2) is 0 Å². The molecule has 2 N–H and O–H groups in total. The van der Waals surface area contributed by atoms with Gasteiger partial charge in [-0.2, -0.15) is 0 Å². The Labute approximate surface area is 103 Å². The van der Waals surface area contributed by atoms with Crippen LogP contribution >= 0.6 is 0 Å². The highest BCUT2D eigenvalue weighted by Gasteiger charge is 2.21. The molecule has 0 aliphatic carbocycles. The Bertz CT molecular complexity index is 352. The van der Waals surface area contributed by atoms with Crippen LogP contribution in [0.25, 0.3) is 0 Å². The van der Waals surface area contributed by atoms with Gasteiger partial charge in [0.1, 0.15) is 0 Å². The van der Waals surface area contributed by atoms with Crippen LogP contribution in [0.3, 0.4) is 0 Å². The predicted molar refractivity (Wildman–Crippen MR) is 69.9 cm³/mol. The van der Waals surface area contributed by atoms with E-state index in [2.05, 4.69) is 41.4 Å². The Morgan fingerprint density at radius 1 is 1.41 bits per heavy atom. The van der Waals surface area contributed by atoms with Crippen LogP contribution in [0.4, 0.5) is 0 Å². The van der Waals surface area contributed by atoms with Crippen LogP contribution < -0.4 is 5.32 Å². The summed E-state index contributed by atoms with van der Waals surface area (Å²) in [5.74, 6) is 0. The molecule has 0 amide bonds. The first-order valence-electron chi connectivity index (χ1n) is 6.41. The monoisotopic (exact) mass is 234 g/mol. The summed E-state index contributed by atoms with van der Waals surface area (Å²) in [4.78, 5) is 2.48. The van der Waals surface area contributed by atoms with Gasteiger partial charge >= 0.3 is 0 Å². The fraction of sp³-hybridized carbons (Fsp3) is 0.571. The van der Waals surface area contributed by atoms with Crippen LogP contribution in [0.15, 0.2) is 24.3 Å². The molecule has 0 bridgehead atoms. The maximum atomic E-state index is 9.10. The number of hydrogen-bond acceptors (Lipinski definition) is 3. The molecule has 1 saturated heterocycles. The molecule has 1 heterocycles. The van der Waals surface area contributed by atoms with Gasteiger partial charge in [0.05, 0.1) is 0 Å². The van der Waals surface area contributed by atoms with E-state index < -0.39 is 0 Å². The van der Waals surface area contributed by atoms with Crippen molar-refractivity contribution in [1.29, 1.82) is 0 Å². The highest BCUT2D eigenvalue weighted by Crippen LogP contribution is 2.15. The smallest absolute Gasteiger partial charge is 0.0446 e. The molecule has 1 aliphatic rings. The highest BCUT2D eigenvalue weighted by molar-refractivity contribution is 5.25. The molecule has 0 saturated carbocycles. The van der Waals surface area contributed by atoms with Crippen molar-refractivity contribution >= 4 is 0 Å². The van der Waals surface area contributed by atoms with E-state index in [0.717, 1.165) is 32.6 Å². The number of benzene rings is 1. The van der Waals surface area contributed by atoms with Crippen LogP contribution in [0.5, 0.6) is 0 Å². The quantitative estimate of drug-likeness (QED) is 0.820. The van der Waals surface area contributed by atoms with Crippen molar-refractivity contribution in [3.63, 3.8) is 0 Å². The summed E-state index contributed by atoms with van der Waals surface area (Å²) in [5.41, 5.74) is 2.76. The summed E-state index contributed by atoms with van der Waals surface area (Å²) in [7, 11) is 0. The number of hydrogen-bond donors (Lipinski definition) is 2. The number of piperazine rings is 1. The SMILES string of the molecule is Cc1ccccc1CN1CCNC[C@H]1CCO. The van der Waals surface area contributed by atoms with Crippen LogP contribution in [0.2, 0.25) is 0 Å². The molecule has 1 fully saturated rings. The number of nitrogens with zero attached hydrogens (tertiary/aromatic N) is 1. The first-order valence-corrected chi connectivity index (χ1v) is 6.41. The van der Waals surface area contributed by atoms with Gasteiger partial charge in [0.2, 0.25) is 0 Å². The Morgan fingerprint density at radius 3 is 3.00 bits per heavy atom. The first-order chi connectivity index (χ1) is 8.31. The average Bonchev–Trinajstić information content (AvgIpc) is 2.35. The van der Waals surface area contributed by atoms with E-state index in [1.54, 1.807) is 0 Å². The summed E-state index contributed by atoms with van der Waals surface area (Å²) >= 11 is 0. The van der Waals surface area contributed by atoms with Gasteiger partial charge in [-0.1, -0.05) is 24.3 Å². The molecule has 0 radical (unpaired) electrons. The lowest BCUT2D eigenvalue weighted by molar-refractivity contribution is 0.123.